The maximum absolute atomic E-state index is 11.9. The molecule has 2 heterocycles. The van der Waals surface area contributed by atoms with Gasteiger partial charge in [0.15, 0.2) is 0 Å². The monoisotopic (exact) mass is 542 g/mol. The molecule has 2 fully saturated rings. The minimum atomic E-state index is -0.0568. The average Bonchev–Trinajstić information content (AvgIpc) is 3.25. The molecule has 4 N–H and O–H groups in total. The van der Waals surface area contributed by atoms with Gasteiger partial charge in [0.05, 0.1) is 42.9 Å². The zero-order valence-corrected chi connectivity index (χ0v) is 19.5. The first-order valence-electron chi connectivity index (χ1n) is 10.0. The topological polar surface area (TPSA) is 118 Å². The van der Waals surface area contributed by atoms with Gasteiger partial charge in [-0.3, -0.25) is 9.59 Å². The van der Waals surface area contributed by atoms with E-state index < -0.39 is 0 Å². The molecule has 2 rings (SSSR count). The Kier molecular flexibility index (Phi) is 12.0. The minimum Gasteiger partial charge on any atom is -0.377 e. The Bertz CT molecular complexity index is 542. The molecule has 166 valence electrons. The quantitative estimate of drug-likeness (QED) is 0.103. The van der Waals surface area contributed by atoms with Crippen LogP contribution in [0.5, 0.6) is 0 Å². The van der Waals surface area contributed by atoms with Crippen LogP contribution in [-0.2, 0) is 19.1 Å². The number of carbonyl (C=O) groups excluding carboxylic acids is 3. The molecule has 9 nitrogen and oxygen atoms in total. The van der Waals surface area contributed by atoms with Gasteiger partial charge >= 0.3 is 6.03 Å². The smallest absolute Gasteiger partial charge is 0.315 e. The van der Waals surface area contributed by atoms with Gasteiger partial charge in [-0.25, -0.2) is 4.79 Å². The van der Waals surface area contributed by atoms with Crippen LogP contribution in [0.1, 0.15) is 25.7 Å². The predicted molar refractivity (Wildman–Crippen MR) is 121 cm³/mol. The number of hydrogen-bond donors (Lipinski definition) is 4. The molecule has 3 atom stereocenters. The summed E-state index contributed by atoms with van der Waals surface area (Å²) in [6.45, 7) is 2.84. The van der Waals surface area contributed by atoms with E-state index in [4.69, 9.17) is 9.47 Å². The number of fused-ring (bicyclic) bond motifs is 1. The first-order chi connectivity index (χ1) is 14.1. The lowest BCUT2D eigenvalue weighted by Crippen LogP contribution is -2.36. The van der Waals surface area contributed by atoms with Crippen molar-refractivity contribution in [1.82, 2.24) is 21.3 Å². The minimum absolute atomic E-state index is 0.00636. The first-order valence-corrected chi connectivity index (χ1v) is 12.6. The Morgan fingerprint density at radius 3 is 2.41 bits per heavy atom. The molecule has 0 aromatic carbocycles. The molecule has 11 heteroatoms. The lowest BCUT2D eigenvalue weighted by molar-refractivity contribution is -0.121. The van der Waals surface area contributed by atoms with Gasteiger partial charge in [-0.2, -0.15) is 11.8 Å². The molecule has 2 aliphatic rings. The van der Waals surface area contributed by atoms with E-state index in [2.05, 4.69) is 21.3 Å². The summed E-state index contributed by atoms with van der Waals surface area (Å²) >= 11 is 3.91. The molecule has 29 heavy (non-hydrogen) atoms. The van der Waals surface area contributed by atoms with E-state index in [-0.39, 0.29) is 29.9 Å². The molecule has 0 aromatic rings. The predicted octanol–water partition coefficient (Wildman–Crippen LogP) is 0.413. The van der Waals surface area contributed by atoms with Crippen molar-refractivity contribution in [3.63, 3.8) is 0 Å². The lowest BCUT2D eigenvalue weighted by Gasteiger charge is -2.16. The van der Waals surface area contributed by atoms with Crippen LogP contribution in [0, 0.1) is 0 Å². The number of rotatable bonds is 15. The van der Waals surface area contributed by atoms with Gasteiger partial charge in [0.2, 0.25) is 11.8 Å². The Hall–Kier alpha value is -0.790. The number of hydrogen-bond acceptors (Lipinski definition) is 6. The molecule has 0 radical (unpaired) electrons. The number of thioether (sulfide) groups is 1. The molecule has 4 amide bonds. The second-order valence-electron chi connectivity index (χ2n) is 6.93. The zero-order chi connectivity index (χ0) is 20.9. The first kappa shape index (κ1) is 24.5. The van der Waals surface area contributed by atoms with Crippen LogP contribution in [0.4, 0.5) is 4.79 Å². The van der Waals surface area contributed by atoms with E-state index in [0.29, 0.717) is 55.6 Å². The van der Waals surface area contributed by atoms with E-state index in [1.807, 2.05) is 34.4 Å². The van der Waals surface area contributed by atoms with Crippen molar-refractivity contribution in [1.29, 1.82) is 0 Å². The number of urea groups is 1. The van der Waals surface area contributed by atoms with Crippen LogP contribution in [0.15, 0.2) is 0 Å². The van der Waals surface area contributed by atoms with Crippen molar-refractivity contribution in [3.8, 4) is 0 Å². The van der Waals surface area contributed by atoms with Crippen molar-refractivity contribution < 1.29 is 23.9 Å². The second-order valence-corrected chi connectivity index (χ2v) is 8.96. The number of alkyl halides is 1. The number of unbranched alkanes of at least 4 members (excludes halogenated alkanes) is 1. The van der Waals surface area contributed by atoms with E-state index >= 15 is 0 Å². The van der Waals surface area contributed by atoms with Gasteiger partial charge in [0.25, 0.3) is 0 Å². The highest BCUT2D eigenvalue weighted by Crippen LogP contribution is 2.33. The summed E-state index contributed by atoms with van der Waals surface area (Å²) < 4.78 is 11.2. The summed E-state index contributed by atoms with van der Waals surface area (Å²) in [6, 6.07) is 0.434. The van der Waals surface area contributed by atoms with Crippen LogP contribution in [0.25, 0.3) is 0 Å². The Morgan fingerprint density at radius 2 is 1.72 bits per heavy atom. The maximum atomic E-state index is 11.9. The highest BCUT2D eigenvalue weighted by Gasteiger charge is 2.42. The summed E-state index contributed by atoms with van der Waals surface area (Å²) in [7, 11) is 0. The molecule has 0 aliphatic carbocycles. The van der Waals surface area contributed by atoms with Crippen LogP contribution in [0.3, 0.4) is 0 Å². The standard InChI is InChI=1S/C18H31IN4O5S/c19-11-16(25)21-6-8-28-10-9-27-7-5-20-15(24)4-2-1-3-14-17-13(12-29-14)22-18(26)23-17/h13-14,17H,1-12H2,(H,20,24)(H,21,25)(H2,22,23,26)/t13-,14+,17+/m1/s1. The van der Waals surface area contributed by atoms with E-state index in [0.717, 1.165) is 25.0 Å². The number of nitrogens with one attached hydrogen (secondary N) is 4. The largest absolute Gasteiger partial charge is 0.377 e. The lowest BCUT2D eigenvalue weighted by atomic mass is 10.0. The van der Waals surface area contributed by atoms with Crippen LogP contribution in [-0.4, -0.2) is 84.9 Å². The van der Waals surface area contributed by atoms with Crippen molar-refractivity contribution in [2.75, 3.05) is 49.7 Å². The second kappa shape index (κ2) is 14.3. The van der Waals surface area contributed by atoms with Crippen LogP contribution in [0.2, 0.25) is 0 Å². The molecule has 0 aromatic heterocycles. The normalized spacial score (nSPS) is 22.7. The number of ether oxygens (including phenoxy) is 2. The molecule has 0 saturated carbocycles. The number of carbonyl (C=O) groups is 3. The van der Waals surface area contributed by atoms with Crippen molar-refractivity contribution in [2.45, 2.75) is 43.0 Å². The van der Waals surface area contributed by atoms with E-state index in [1.165, 1.54) is 0 Å². The fraction of sp³-hybridized carbons (Fsp3) is 0.833. The molecule has 2 aliphatic heterocycles. The summed E-state index contributed by atoms with van der Waals surface area (Å²) in [5, 5.41) is 12.0. The van der Waals surface area contributed by atoms with Crippen LogP contribution < -0.4 is 21.3 Å². The van der Waals surface area contributed by atoms with E-state index in [9.17, 15) is 14.4 Å². The molecule has 0 unspecified atom stereocenters. The molecule has 0 spiro atoms. The third-order valence-corrected chi connectivity index (χ3v) is 6.91. The highest BCUT2D eigenvalue weighted by molar-refractivity contribution is 14.1. The Balaban J connectivity index is 1.35. The zero-order valence-electron chi connectivity index (χ0n) is 16.5. The Morgan fingerprint density at radius 1 is 1.03 bits per heavy atom. The fourth-order valence-corrected chi connectivity index (χ4v) is 5.07. The van der Waals surface area contributed by atoms with Gasteiger partial charge in [-0.05, 0) is 12.8 Å². The summed E-state index contributed by atoms with van der Waals surface area (Å²) in [5.74, 6) is 1.02. The van der Waals surface area contributed by atoms with Crippen molar-refractivity contribution in [3.05, 3.63) is 0 Å². The molecule has 0 bridgehead atoms. The number of halogens is 1. The Labute approximate surface area is 189 Å². The molecular weight excluding hydrogens is 511 g/mol. The van der Waals surface area contributed by atoms with Gasteiger partial charge in [0, 0.05) is 30.5 Å². The summed E-state index contributed by atoms with van der Waals surface area (Å²) in [6.07, 6.45) is 3.37. The summed E-state index contributed by atoms with van der Waals surface area (Å²) in [4.78, 5) is 34.2. The van der Waals surface area contributed by atoms with Gasteiger partial charge in [-0.15, -0.1) is 0 Å². The van der Waals surface area contributed by atoms with Crippen molar-refractivity contribution in [2.24, 2.45) is 0 Å². The van der Waals surface area contributed by atoms with Gasteiger partial charge < -0.3 is 30.7 Å². The van der Waals surface area contributed by atoms with E-state index in [1.54, 1.807) is 0 Å². The highest BCUT2D eigenvalue weighted by atomic mass is 127. The van der Waals surface area contributed by atoms with Crippen molar-refractivity contribution >= 4 is 52.2 Å². The number of amides is 4. The summed E-state index contributed by atoms with van der Waals surface area (Å²) in [5.41, 5.74) is 0. The third-order valence-electron chi connectivity index (χ3n) is 4.71. The fourth-order valence-electron chi connectivity index (χ4n) is 3.26. The molecular formula is C18H31IN4O5S. The SMILES string of the molecule is O=C(CI)NCCOCCOCCNC(=O)CCCC[C@@H]1SC[C@H]2NC(=O)N[C@H]12. The molecule has 2 saturated heterocycles. The van der Waals surface area contributed by atoms with Gasteiger partial charge in [-0.1, -0.05) is 29.0 Å². The third kappa shape index (κ3) is 9.71. The van der Waals surface area contributed by atoms with Crippen LogP contribution >= 0.6 is 34.4 Å². The maximum Gasteiger partial charge on any atom is 0.315 e. The van der Waals surface area contributed by atoms with Gasteiger partial charge in [0.1, 0.15) is 0 Å². The average molecular weight is 542 g/mol.